The standard InChI is InChI=1S/C22H26N2O4S/c1-22(2,3)15-7-9-16(10-8-15)29-13-19-23-24-21(28-19)14-11-17(25-4)20(27-6)18(12-14)26-5/h7-12H,13H2,1-6H3. The van der Waals surface area contributed by atoms with Gasteiger partial charge in [0.15, 0.2) is 11.5 Å². The zero-order valence-electron chi connectivity index (χ0n) is 17.6. The van der Waals surface area contributed by atoms with E-state index in [1.807, 2.05) is 0 Å². The summed E-state index contributed by atoms with van der Waals surface area (Å²) in [6.45, 7) is 6.62. The van der Waals surface area contributed by atoms with Gasteiger partial charge in [-0.2, -0.15) is 0 Å². The highest BCUT2D eigenvalue weighted by molar-refractivity contribution is 7.98. The van der Waals surface area contributed by atoms with Crippen molar-refractivity contribution in [2.75, 3.05) is 21.3 Å². The molecular formula is C22H26N2O4S. The maximum atomic E-state index is 5.85. The molecule has 0 saturated carbocycles. The molecule has 0 aliphatic rings. The number of aromatic nitrogens is 2. The Bertz CT molecular complexity index is 937. The quantitative estimate of drug-likeness (QED) is 0.483. The van der Waals surface area contributed by atoms with Crippen molar-refractivity contribution in [1.29, 1.82) is 0 Å². The van der Waals surface area contributed by atoms with Gasteiger partial charge in [0.05, 0.1) is 27.1 Å². The highest BCUT2D eigenvalue weighted by atomic mass is 32.2. The maximum absolute atomic E-state index is 5.85. The van der Waals surface area contributed by atoms with Crippen LogP contribution in [0.25, 0.3) is 11.5 Å². The zero-order valence-corrected chi connectivity index (χ0v) is 18.4. The first-order valence-electron chi connectivity index (χ1n) is 9.21. The van der Waals surface area contributed by atoms with E-state index in [0.29, 0.717) is 40.3 Å². The van der Waals surface area contributed by atoms with Crippen molar-refractivity contribution >= 4 is 11.8 Å². The molecule has 0 bridgehead atoms. The van der Waals surface area contributed by atoms with E-state index in [0.717, 1.165) is 4.90 Å². The molecule has 0 radical (unpaired) electrons. The van der Waals surface area contributed by atoms with Crippen LogP contribution in [0.2, 0.25) is 0 Å². The molecule has 0 unspecified atom stereocenters. The Labute approximate surface area is 175 Å². The Morgan fingerprint density at radius 3 is 2.03 bits per heavy atom. The molecule has 0 aliphatic carbocycles. The molecule has 3 aromatic rings. The van der Waals surface area contributed by atoms with Crippen molar-refractivity contribution < 1.29 is 18.6 Å². The van der Waals surface area contributed by atoms with E-state index in [1.54, 1.807) is 45.2 Å². The second-order valence-electron chi connectivity index (χ2n) is 7.48. The van der Waals surface area contributed by atoms with Crippen LogP contribution >= 0.6 is 11.8 Å². The second kappa shape index (κ2) is 8.78. The third kappa shape index (κ3) is 4.85. The number of benzene rings is 2. The van der Waals surface area contributed by atoms with E-state index in [9.17, 15) is 0 Å². The molecule has 0 amide bonds. The summed E-state index contributed by atoms with van der Waals surface area (Å²) in [6, 6.07) is 12.2. The minimum atomic E-state index is 0.144. The van der Waals surface area contributed by atoms with Gasteiger partial charge in [0, 0.05) is 10.5 Å². The van der Waals surface area contributed by atoms with Gasteiger partial charge < -0.3 is 18.6 Å². The molecule has 0 saturated heterocycles. The zero-order chi connectivity index (χ0) is 21.0. The van der Waals surface area contributed by atoms with Crippen LogP contribution in [0.1, 0.15) is 32.2 Å². The molecule has 7 heteroatoms. The van der Waals surface area contributed by atoms with Crippen LogP contribution in [0.4, 0.5) is 0 Å². The van der Waals surface area contributed by atoms with Crippen LogP contribution in [0.3, 0.4) is 0 Å². The molecule has 3 rings (SSSR count). The molecule has 0 fully saturated rings. The summed E-state index contributed by atoms with van der Waals surface area (Å²) >= 11 is 1.66. The molecule has 1 heterocycles. The Hall–Kier alpha value is -2.67. The van der Waals surface area contributed by atoms with Gasteiger partial charge in [0.25, 0.3) is 0 Å². The van der Waals surface area contributed by atoms with Crippen molar-refractivity contribution in [3.8, 4) is 28.7 Å². The van der Waals surface area contributed by atoms with Crippen LogP contribution in [0, 0.1) is 0 Å². The van der Waals surface area contributed by atoms with Crippen LogP contribution in [0.5, 0.6) is 17.2 Å². The number of methoxy groups -OCH3 is 3. The first-order valence-corrected chi connectivity index (χ1v) is 10.2. The minimum Gasteiger partial charge on any atom is -0.493 e. The van der Waals surface area contributed by atoms with Crippen LogP contribution < -0.4 is 14.2 Å². The Balaban J connectivity index is 1.74. The smallest absolute Gasteiger partial charge is 0.248 e. The van der Waals surface area contributed by atoms with Gasteiger partial charge in [-0.05, 0) is 35.2 Å². The first kappa shape index (κ1) is 21.0. The van der Waals surface area contributed by atoms with Gasteiger partial charge in [-0.3, -0.25) is 0 Å². The predicted octanol–water partition coefficient (Wildman–Crippen LogP) is 5.35. The van der Waals surface area contributed by atoms with Crippen molar-refractivity contribution in [2.45, 2.75) is 36.8 Å². The van der Waals surface area contributed by atoms with Crippen LogP contribution in [0.15, 0.2) is 45.7 Å². The maximum Gasteiger partial charge on any atom is 0.248 e. The SMILES string of the molecule is COc1cc(-c2nnc(CSc3ccc(C(C)(C)C)cc3)o2)cc(OC)c1OC. The fourth-order valence-electron chi connectivity index (χ4n) is 2.83. The lowest BCUT2D eigenvalue weighted by Gasteiger charge is -2.18. The number of hydrogen-bond donors (Lipinski definition) is 0. The molecular weight excluding hydrogens is 388 g/mol. The van der Waals surface area contributed by atoms with Crippen molar-refractivity contribution in [1.82, 2.24) is 10.2 Å². The van der Waals surface area contributed by atoms with E-state index < -0.39 is 0 Å². The lowest BCUT2D eigenvalue weighted by atomic mass is 9.87. The second-order valence-corrected chi connectivity index (χ2v) is 8.53. The number of nitrogens with zero attached hydrogens (tertiary/aromatic N) is 2. The molecule has 0 spiro atoms. The highest BCUT2D eigenvalue weighted by Crippen LogP contribution is 2.41. The molecule has 6 nitrogen and oxygen atoms in total. The van der Waals surface area contributed by atoms with Gasteiger partial charge >= 0.3 is 0 Å². The third-order valence-electron chi connectivity index (χ3n) is 4.46. The summed E-state index contributed by atoms with van der Waals surface area (Å²) in [7, 11) is 4.71. The number of thioether (sulfide) groups is 1. The summed E-state index contributed by atoms with van der Waals surface area (Å²) in [4.78, 5) is 1.16. The minimum absolute atomic E-state index is 0.144. The third-order valence-corrected chi connectivity index (χ3v) is 5.46. The van der Waals surface area contributed by atoms with Gasteiger partial charge in [0.2, 0.25) is 17.5 Å². The van der Waals surface area contributed by atoms with Gasteiger partial charge in [-0.25, -0.2) is 0 Å². The normalized spacial score (nSPS) is 11.4. The van der Waals surface area contributed by atoms with Crippen molar-refractivity contribution in [2.24, 2.45) is 0 Å². The summed E-state index contributed by atoms with van der Waals surface area (Å²) < 4.78 is 22.0. The Kier molecular flexibility index (Phi) is 6.37. The first-order chi connectivity index (χ1) is 13.9. The van der Waals surface area contributed by atoms with Crippen LogP contribution in [-0.2, 0) is 11.2 Å². The van der Waals surface area contributed by atoms with Gasteiger partial charge in [-0.1, -0.05) is 32.9 Å². The molecule has 2 aromatic carbocycles. The van der Waals surface area contributed by atoms with E-state index >= 15 is 0 Å². The number of rotatable bonds is 7. The average molecular weight is 415 g/mol. The Morgan fingerprint density at radius 1 is 0.897 bits per heavy atom. The molecule has 1 aromatic heterocycles. The summed E-state index contributed by atoms with van der Waals surface area (Å²) in [5.74, 6) is 3.14. The summed E-state index contributed by atoms with van der Waals surface area (Å²) in [5, 5.41) is 8.34. The molecule has 154 valence electrons. The highest BCUT2D eigenvalue weighted by Gasteiger charge is 2.18. The Morgan fingerprint density at radius 2 is 1.52 bits per heavy atom. The van der Waals surface area contributed by atoms with Gasteiger partial charge in [-0.15, -0.1) is 22.0 Å². The lowest BCUT2D eigenvalue weighted by Crippen LogP contribution is -2.10. The molecule has 0 atom stereocenters. The van der Waals surface area contributed by atoms with E-state index in [4.69, 9.17) is 18.6 Å². The van der Waals surface area contributed by atoms with Crippen molar-refractivity contribution in [3.05, 3.63) is 47.9 Å². The average Bonchev–Trinajstić information content (AvgIpc) is 3.19. The van der Waals surface area contributed by atoms with Crippen molar-refractivity contribution in [3.63, 3.8) is 0 Å². The fraction of sp³-hybridized carbons (Fsp3) is 0.364. The van der Waals surface area contributed by atoms with E-state index in [2.05, 4.69) is 55.2 Å². The molecule has 29 heavy (non-hydrogen) atoms. The summed E-state index contributed by atoms with van der Waals surface area (Å²) in [5.41, 5.74) is 2.16. The van der Waals surface area contributed by atoms with Crippen LogP contribution in [-0.4, -0.2) is 31.5 Å². The number of hydrogen-bond acceptors (Lipinski definition) is 7. The monoisotopic (exact) mass is 414 g/mol. The molecule has 0 N–H and O–H groups in total. The largest absolute Gasteiger partial charge is 0.493 e. The van der Waals surface area contributed by atoms with E-state index in [-0.39, 0.29) is 5.41 Å². The van der Waals surface area contributed by atoms with E-state index in [1.165, 1.54) is 5.56 Å². The predicted molar refractivity (Wildman–Crippen MR) is 114 cm³/mol. The van der Waals surface area contributed by atoms with Gasteiger partial charge in [0.1, 0.15) is 0 Å². The fourth-order valence-corrected chi connectivity index (χ4v) is 3.56. The number of ether oxygens (including phenoxy) is 3. The lowest BCUT2D eigenvalue weighted by molar-refractivity contribution is 0.324. The summed E-state index contributed by atoms with van der Waals surface area (Å²) in [6.07, 6.45) is 0. The molecule has 0 aliphatic heterocycles. The topological polar surface area (TPSA) is 66.6 Å².